The molecule has 2 nitrogen and oxygen atoms in total. The van der Waals surface area contributed by atoms with E-state index < -0.39 is 0 Å². The summed E-state index contributed by atoms with van der Waals surface area (Å²) in [5, 5.41) is 12.6. The molecule has 1 unspecified atom stereocenters. The molecule has 14 heavy (non-hydrogen) atoms. The van der Waals surface area contributed by atoms with Gasteiger partial charge in [-0.1, -0.05) is 12.1 Å². The van der Waals surface area contributed by atoms with Crippen LogP contribution < -0.4 is 5.32 Å². The minimum absolute atomic E-state index is 0.214. The maximum absolute atomic E-state index is 9.21. The molecule has 1 aromatic carbocycles. The number of nitrogens with one attached hydrogen (secondary N) is 1. The molecule has 0 aromatic heterocycles. The molecule has 2 N–H and O–H groups in total. The van der Waals surface area contributed by atoms with Crippen molar-refractivity contribution in [1.29, 1.82) is 0 Å². The molecule has 0 radical (unpaired) electrons. The smallest absolute Gasteiger partial charge is 0.0635 e. The van der Waals surface area contributed by atoms with Crippen LogP contribution in [0.2, 0.25) is 0 Å². The number of hydrogen-bond acceptors (Lipinski definition) is 2. The first-order chi connectivity index (χ1) is 6.81. The number of halogens is 1. The van der Waals surface area contributed by atoms with E-state index in [1.54, 1.807) is 0 Å². The second-order valence-electron chi connectivity index (χ2n) is 3.75. The third kappa shape index (κ3) is 2.28. The number of rotatable bonds is 4. The van der Waals surface area contributed by atoms with Gasteiger partial charge in [0.1, 0.15) is 0 Å². The maximum Gasteiger partial charge on any atom is 0.0635 e. The zero-order valence-electron chi connectivity index (χ0n) is 7.91. The summed E-state index contributed by atoms with van der Waals surface area (Å²) in [6, 6.07) is 8.22. The summed E-state index contributed by atoms with van der Waals surface area (Å²) in [5.74, 6) is 0.659. The molecule has 2 rings (SSSR count). The summed E-state index contributed by atoms with van der Waals surface area (Å²) in [4.78, 5) is 0. The fourth-order valence-electron chi connectivity index (χ4n) is 1.59. The third-order valence-corrected chi connectivity index (χ3v) is 3.29. The van der Waals surface area contributed by atoms with Gasteiger partial charge in [0, 0.05) is 10.2 Å². The van der Waals surface area contributed by atoms with Gasteiger partial charge in [-0.2, -0.15) is 0 Å². The standard InChI is InChI=1S/C11H14BrNO/c12-9-3-1-2-4-10(9)13-11(7-14)8-5-6-8/h1-4,8,11,13-14H,5-7H2. The average Bonchev–Trinajstić information content (AvgIpc) is 3.00. The molecule has 0 amide bonds. The van der Waals surface area contributed by atoms with Crippen LogP contribution in [0.5, 0.6) is 0 Å². The van der Waals surface area contributed by atoms with Crippen LogP contribution in [0.25, 0.3) is 0 Å². The maximum atomic E-state index is 9.21. The first kappa shape index (κ1) is 9.99. The van der Waals surface area contributed by atoms with Gasteiger partial charge in [0.05, 0.1) is 12.6 Å². The summed E-state index contributed by atoms with van der Waals surface area (Å²) in [5.41, 5.74) is 1.07. The Bertz CT molecular complexity index is 312. The first-order valence-electron chi connectivity index (χ1n) is 4.93. The van der Waals surface area contributed by atoms with E-state index in [-0.39, 0.29) is 12.6 Å². The minimum Gasteiger partial charge on any atom is -0.394 e. The van der Waals surface area contributed by atoms with E-state index in [1.807, 2.05) is 24.3 Å². The lowest BCUT2D eigenvalue weighted by molar-refractivity contribution is 0.263. The van der Waals surface area contributed by atoms with Crippen molar-refractivity contribution in [3.05, 3.63) is 28.7 Å². The Balaban J connectivity index is 2.04. The molecule has 3 heteroatoms. The molecular formula is C11H14BrNO. The van der Waals surface area contributed by atoms with Crippen LogP contribution in [-0.4, -0.2) is 17.8 Å². The number of para-hydroxylation sites is 1. The second kappa shape index (κ2) is 4.32. The first-order valence-corrected chi connectivity index (χ1v) is 5.72. The van der Waals surface area contributed by atoms with Gasteiger partial charge in [0.25, 0.3) is 0 Å². The van der Waals surface area contributed by atoms with Crippen molar-refractivity contribution in [1.82, 2.24) is 0 Å². The normalized spacial score (nSPS) is 17.9. The summed E-state index contributed by atoms with van der Waals surface area (Å²) < 4.78 is 1.05. The second-order valence-corrected chi connectivity index (χ2v) is 4.61. The molecule has 1 aliphatic rings. The van der Waals surface area contributed by atoms with Crippen molar-refractivity contribution in [2.75, 3.05) is 11.9 Å². The van der Waals surface area contributed by atoms with Crippen LogP contribution in [0.1, 0.15) is 12.8 Å². The molecule has 0 heterocycles. The Morgan fingerprint density at radius 3 is 2.71 bits per heavy atom. The SMILES string of the molecule is OCC(Nc1ccccc1Br)C1CC1. The zero-order chi connectivity index (χ0) is 9.97. The highest BCUT2D eigenvalue weighted by molar-refractivity contribution is 9.10. The molecule has 76 valence electrons. The molecule has 0 aliphatic heterocycles. The van der Waals surface area contributed by atoms with Crippen molar-refractivity contribution in [2.45, 2.75) is 18.9 Å². The van der Waals surface area contributed by atoms with E-state index in [1.165, 1.54) is 12.8 Å². The van der Waals surface area contributed by atoms with Gasteiger partial charge in [0.2, 0.25) is 0 Å². The predicted octanol–water partition coefficient (Wildman–Crippen LogP) is 2.63. The van der Waals surface area contributed by atoms with E-state index in [4.69, 9.17) is 0 Å². The van der Waals surface area contributed by atoms with Gasteiger partial charge in [-0.15, -0.1) is 0 Å². The van der Waals surface area contributed by atoms with Gasteiger partial charge in [0.15, 0.2) is 0 Å². The van der Waals surface area contributed by atoms with E-state index >= 15 is 0 Å². The number of hydrogen-bond donors (Lipinski definition) is 2. The average molecular weight is 256 g/mol. The monoisotopic (exact) mass is 255 g/mol. The molecule has 0 saturated heterocycles. The van der Waals surface area contributed by atoms with Crippen LogP contribution in [0, 0.1) is 5.92 Å². The molecule has 1 atom stereocenters. The third-order valence-electron chi connectivity index (χ3n) is 2.60. The Hall–Kier alpha value is -0.540. The van der Waals surface area contributed by atoms with Crippen molar-refractivity contribution in [3.63, 3.8) is 0 Å². The van der Waals surface area contributed by atoms with Gasteiger partial charge in [-0.05, 0) is 46.8 Å². The molecular weight excluding hydrogens is 242 g/mol. The highest BCUT2D eigenvalue weighted by Crippen LogP contribution is 2.35. The quantitative estimate of drug-likeness (QED) is 0.867. The topological polar surface area (TPSA) is 32.3 Å². The molecule has 1 aliphatic carbocycles. The summed E-state index contributed by atoms with van der Waals surface area (Å²) in [6.07, 6.45) is 2.48. The Morgan fingerprint density at radius 1 is 1.43 bits per heavy atom. The largest absolute Gasteiger partial charge is 0.394 e. The number of anilines is 1. The van der Waals surface area contributed by atoms with Gasteiger partial charge < -0.3 is 10.4 Å². The fraction of sp³-hybridized carbons (Fsp3) is 0.455. The van der Waals surface area contributed by atoms with Crippen molar-refractivity contribution < 1.29 is 5.11 Å². The number of benzene rings is 1. The summed E-state index contributed by atoms with van der Waals surface area (Å²) >= 11 is 3.48. The predicted molar refractivity (Wildman–Crippen MR) is 61.4 cm³/mol. The molecule has 0 bridgehead atoms. The van der Waals surface area contributed by atoms with E-state index in [2.05, 4.69) is 21.2 Å². The van der Waals surface area contributed by atoms with Gasteiger partial charge >= 0.3 is 0 Å². The van der Waals surface area contributed by atoms with Crippen molar-refractivity contribution >= 4 is 21.6 Å². The Morgan fingerprint density at radius 2 is 2.14 bits per heavy atom. The minimum atomic E-state index is 0.214. The summed E-state index contributed by atoms with van der Waals surface area (Å²) in [6.45, 7) is 0.214. The number of aliphatic hydroxyl groups is 1. The Labute approximate surface area is 92.5 Å². The van der Waals surface area contributed by atoms with E-state index in [0.29, 0.717) is 5.92 Å². The van der Waals surface area contributed by atoms with Gasteiger partial charge in [-0.25, -0.2) is 0 Å². The Kier molecular flexibility index (Phi) is 3.08. The summed E-state index contributed by atoms with van der Waals surface area (Å²) in [7, 11) is 0. The van der Waals surface area contributed by atoms with E-state index in [9.17, 15) is 5.11 Å². The van der Waals surface area contributed by atoms with Gasteiger partial charge in [-0.3, -0.25) is 0 Å². The highest BCUT2D eigenvalue weighted by Gasteiger charge is 2.30. The van der Waals surface area contributed by atoms with E-state index in [0.717, 1.165) is 10.2 Å². The lowest BCUT2D eigenvalue weighted by Gasteiger charge is -2.17. The van der Waals surface area contributed by atoms with Crippen molar-refractivity contribution in [3.8, 4) is 0 Å². The van der Waals surface area contributed by atoms with Crippen LogP contribution >= 0.6 is 15.9 Å². The van der Waals surface area contributed by atoms with Crippen LogP contribution in [0.15, 0.2) is 28.7 Å². The fourth-order valence-corrected chi connectivity index (χ4v) is 1.99. The van der Waals surface area contributed by atoms with Crippen LogP contribution in [-0.2, 0) is 0 Å². The number of aliphatic hydroxyl groups excluding tert-OH is 1. The van der Waals surface area contributed by atoms with Crippen LogP contribution in [0.3, 0.4) is 0 Å². The van der Waals surface area contributed by atoms with Crippen LogP contribution in [0.4, 0.5) is 5.69 Å². The molecule has 1 saturated carbocycles. The highest BCUT2D eigenvalue weighted by atomic mass is 79.9. The lowest BCUT2D eigenvalue weighted by atomic mass is 10.2. The lowest BCUT2D eigenvalue weighted by Crippen LogP contribution is -2.26. The molecule has 1 fully saturated rings. The zero-order valence-corrected chi connectivity index (χ0v) is 9.50. The molecule has 1 aromatic rings. The molecule has 0 spiro atoms. The van der Waals surface area contributed by atoms with Crippen molar-refractivity contribution in [2.24, 2.45) is 5.92 Å².